The molecule has 1 aromatic carbocycles. The van der Waals surface area contributed by atoms with Crippen molar-refractivity contribution in [2.24, 2.45) is 0 Å². The molecule has 0 saturated heterocycles. The van der Waals surface area contributed by atoms with Gasteiger partial charge in [0.05, 0.1) is 6.61 Å². The molecule has 3 unspecified atom stereocenters. The van der Waals surface area contributed by atoms with E-state index >= 15 is 0 Å². The molecule has 8 heteroatoms. The molecule has 0 aliphatic heterocycles. The number of phenolic OH excluding ortho intramolecular Hbond substituents is 3. The van der Waals surface area contributed by atoms with Gasteiger partial charge in [0.15, 0.2) is 6.29 Å². The van der Waals surface area contributed by atoms with E-state index in [1.54, 1.807) is 0 Å². The lowest BCUT2D eigenvalue weighted by Gasteiger charge is -2.16. The van der Waals surface area contributed by atoms with E-state index in [1.807, 2.05) is 0 Å². The molecule has 0 amide bonds. The summed E-state index contributed by atoms with van der Waals surface area (Å²) in [6.45, 7) is -0.688. The molecule has 0 heterocycles. The van der Waals surface area contributed by atoms with Crippen LogP contribution in [0.2, 0.25) is 0 Å². The summed E-state index contributed by atoms with van der Waals surface area (Å²) < 4.78 is 0. The molecule has 7 N–H and O–H groups in total. The van der Waals surface area contributed by atoms with Gasteiger partial charge in [-0.05, 0) is 0 Å². The maximum absolute atomic E-state index is 9.76. The Labute approximate surface area is 108 Å². The summed E-state index contributed by atoms with van der Waals surface area (Å²) in [6.07, 6.45) is -4.63. The van der Waals surface area contributed by atoms with Gasteiger partial charge in [-0.1, -0.05) is 0 Å². The SMILES string of the molecule is O=CC(O)C(O)C(O)CO.Oc1cc(O)cc(O)c1. The number of carbonyl (C=O) groups excluding carboxylic acids is 1. The van der Waals surface area contributed by atoms with Crippen LogP contribution in [-0.2, 0) is 4.79 Å². The van der Waals surface area contributed by atoms with Crippen molar-refractivity contribution in [3.63, 3.8) is 0 Å². The summed E-state index contributed by atoms with van der Waals surface area (Å²) in [7, 11) is 0. The molecule has 0 spiro atoms. The maximum Gasteiger partial charge on any atom is 0.151 e. The van der Waals surface area contributed by atoms with E-state index in [4.69, 9.17) is 35.7 Å². The van der Waals surface area contributed by atoms with Crippen molar-refractivity contribution in [2.75, 3.05) is 6.61 Å². The third-order valence-electron chi connectivity index (χ3n) is 1.96. The minimum atomic E-state index is -1.64. The molecule has 1 aromatic rings. The monoisotopic (exact) mass is 276 g/mol. The van der Waals surface area contributed by atoms with E-state index in [-0.39, 0.29) is 23.5 Å². The van der Waals surface area contributed by atoms with Gasteiger partial charge in [0.1, 0.15) is 35.6 Å². The van der Waals surface area contributed by atoms with E-state index in [2.05, 4.69) is 0 Å². The number of benzene rings is 1. The Balaban J connectivity index is 0.000000342. The number of aliphatic hydroxyl groups is 4. The summed E-state index contributed by atoms with van der Waals surface area (Å²) >= 11 is 0. The smallest absolute Gasteiger partial charge is 0.151 e. The number of carbonyl (C=O) groups is 1. The lowest BCUT2D eigenvalue weighted by atomic mass is 10.1. The van der Waals surface area contributed by atoms with Crippen LogP contribution in [0.15, 0.2) is 18.2 Å². The van der Waals surface area contributed by atoms with Crippen molar-refractivity contribution in [3.8, 4) is 17.2 Å². The second kappa shape index (κ2) is 8.27. The first-order valence-electron chi connectivity index (χ1n) is 5.14. The molecule has 0 fully saturated rings. The average molecular weight is 276 g/mol. The van der Waals surface area contributed by atoms with Gasteiger partial charge in [0.2, 0.25) is 0 Å². The first-order chi connectivity index (χ1) is 8.81. The van der Waals surface area contributed by atoms with E-state index < -0.39 is 24.9 Å². The summed E-state index contributed by atoms with van der Waals surface area (Å²) in [5.74, 6) is -0.437. The molecule has 0 saturated carbocycles. The molecule has 1 rings (SSSR count). The van der Waals surface area contributed by atoms with Crippen LogP contribution in [-0.4, -0.2) is 67.0 Å². The van der Waals surface area contributed by atoms with Crippen molar-refractivity contribution >= 4 is 6.29 Å². The van der Waals surface area contributed by atoms with Crippen LogP contribution in [0, 0.1) is 0 Å². The normalized spacial score (nSPS) is 14.7. The zero-order valence-corrected chi connectivity index (χ0v) is 9.79. The van der Waals surface area contributed by atoms with E-state index in [0.29, 0.717) is 0 Å². The van der Waals surface area contributed by atoms with Gasteiger partial charge in [-0.25, -0.2) is 0 Å². The van der Waals surface area contributed by atoms with Gasteiger partial charge in [0.25, 0.3) is 0 Å². The first-order valence-corrected chi connectivity index (χ1v) is 5.14. The van der Waals surface area contributed by atoms with Crippen molar-refractivity contribution < 1.29 is 40.5 Å². The zero-order valence-electron chi connectivity index (χ0n) is 9.79. The number of hydrogen-bond donors (Lipinski definition) is 7. The van der Waals surface area contributed by atoms with Crippen LogP contribution < -0.4 is 0 Å². The minimum Gasteiger partial charge on any atom is -0.508 e. The highest BCUT2D eigenvalue weighted by atomic mass is 16.4. The number of aromatic hydroxyl groups is 3. The van der Waals surface area contributed by atoms with Crippen molar-refractivity contribution in [2.45, 2.75) is 18.3 Å². The Morgan fingerprint density at radius 2 is 1.32 bits per heavy atom. The van der Waals surface area contributed by atoms with Gasteiger partial charge in [-0.3, -0.25) is 0 Å². The molecule has 108 valence electrons. The van der Waals surface area contributed by atoms with Gasteiger partial charge in [-0.15, -0.1) is 0 Å². The largest absolute Gasteiger partial charge is 0.508 e. The number of hydrogen-bond acceptors (Lipinski definition) is 8. The summed E-state index contributed by atoms with van der Waals surface area (Å²) in [6, 6.07) is 3.42. The highest BCUT2D eigenvalue weighted by Gasteiger charge is 2.22. The molecular formula is C11H16O8. The molecule has 8 nitrogen and oxygen atoms in total. The van der Waals surface area contributed by atoms with Crippen LogP contribution in [0.1, 0.15) is 0 Å². The van der Waals surface area contributed by atoms with Crippen LogP contribution >= 0.6 is 0 Å². The highest BCUT2D eigenvalue weighted by molar-refractivity contribution is 5.56. The second-order valence-electron chi connectivity index (χ2n) is 3.57. The summed E-state index contributed by atoms with van der Waals surface area (Å²) in [5.41, 5.74) is 0. The fourth-order valence-electron chi connectivity index (χ4n) is 0.996. The molecule has 0 radical (unpaired) electrons. The molecule has 19 heavy (non-hydrogen) atoms. The zero-order chi connectivity index (χ0) is 15.0. The first kappa shape index (κ1) is 17.1. The van der Waals surface area contributed by atoms with Crippen molar-refractivity contribution in [3.05, 3.63) is 18.2 Å². The third kappa shape index (κ3) is 6.58. The Hall–Kier alpha value is -1.87. The minimum absolute atomic E-state index is 0.0869. The number of phenols is 3. The van der Waals surface area contributed by atoms with Gasteiger partial charge in [0, 0.05) is 18.2 Å². The fraction of sp³-hybridized carbons (Fsp3) is 0.364. The highest BCUT2D eigenvalue weighted by Crippen LogP contribution is 2.23. The van der Waals surface area contributed by atoms with Crippen molar-refractivity contribution in [1.29, 1.82) is 0 Å². The number of aliphatic hydroxyl groups excluding tert-OH is 4. The quantitative estimate of drug-likeness (QED) is 0.313. The third-order valence-corrected chi connectivity index (χ3v) is 1.96. The average Bonchev–Trinajstić information content (AvgIpc) is 2.35. The molecule has 0 aromatic heterocycles. The van der Waals surface area contributed by atoms with Crippen LogP contribution in [0.5, 0.6) is 17.2 Å². The Morgan fingerprint density at radius 1 is 0.947 bits per heavy atom. The fourth-order valence-corrected chi connectivity index (χ4v) is 0.996. The maximum atomic E-state index is 9.76. The van der Waals surface area contributed by atoms with Crippen LogP contribution in [0.4, 0.5) is 0 Å². The Bertz CT molecular complexity index is 344. The number of aldehydes is 1. The molecule has 0 aliphatic carbocycles. The van der Waals surface area contributed by atoms with Gasteiger partial charge in [-0.2, -0.15) is 0 Å². The Kier molecular flexibility index (Phi) is 7.46. The van der Waals surface area contributed by atoms with Crippen molar-refractivity contribution in [1.82, 2.24) is 0 Å². The lowest BCUT2D eigenvalue weighted by Crippen LogP contribution is -2.40. The Morgan fingerprint density at radius 3 is 1.58 bits per heavy atom. The predicted octanol–water partition coefficient (Wildman–Crippen LogP) is -1.94. The standard InChI is InChI=1S/C6H6O3.C5H10O5/c7-4-1-5(8)3-6(9)2-4;6-1-3(8)5(10)4(9)2-7/h1-3,7-9H;1,3-5,7-10H,2H2. The molecule has 0 bridgehead atoms. The van der Waals surface area contributed by atoms with Crippen LogP contribution in [0.25, 0.3) is 0 Å². The molecule has 0 aliphatic rings. The summed E-state index contributed by atoms with van der Waals surface area (Å²) in [5, 5.41) is 60.1. The second-order valence-corrected chi connectivity index (χ2v) is 3.57. The van der Waals surface area contributed by atoms with Crippen LogP contribution in [0.3, 0.4) is 0 Å². The topological polar surface area (TPSA) is 159 Å². The number of rotatable bonds is 4. The van der Waals surface area contributed by atoms with E-state index in [1.165, 1.54) is 0 Å². The van der Waals surface area contributed by atoms with E-state index in [0.717, 1.165) is 18.2 Å². The van der Waals surface area contributed by atoms with Gasteiger partial charge < -0.3 is 40.5 Å². The summed E-state index contributed by atoms with van der Waals surface area (Å²) in [4.78, 5) is 9.76. The lowest BCUT2D eigenvalue weighted by molar-refractivity contribution is -0.127. The van der Waals surface area contributed by atoms with E-state index in [9.17, 15) is 4.79 Å². The molecule has 3 atom stereocenters. The molecular weight excluding hydrogens is 260 g/mol. The predicted molar refractivity (Wildman–Crippen MR) is 62.6 cm³/mol. The van der Waals surface area contributed by atoms with Gasteiger partial charge >= 0.3 is 0 Å².